The van der Waals surface area contributed by atoms with E-state index in [1.165, 1.54) is 6.07 Å². The van der Waals surface area contributed by atoms with E-state index in [4.69, 9.17) is 14.6 Å². The third-order valence-corrected chi connectivity index (χ3v) is 5.25. The van der Waals surface area contributed by atoms with Crippen molar-refractivity contribution in [1.29, 1.82) is 0 Å². The van der Waals surface area contributed by atoms with Crippen LogP contribution in [0.5, 0.6) is 0 Å². The number of carbonyl (C=O) groups is 1. The number of benzene rings is 2. The van der Waals surface area contributed by atoms with Crippen LogP contribution in [0.25, 0.3) is 10.8 Å². The van der Waals surface area contributed by atoms with E-state index in [0.717, 1.165) is 37.5 Å². The third-order valence-electron chi connectivity index (χ3n) is 3.79. The quantitative estimate of drug-likeness (QED) is 0.785. The number of nitrogens with one attached hydrogen (secondary N) is 1. The van der Waals surface area contributed by atoms with Crippen LogP contribution in [0.3, 0.4) is 0 Å². The van der Waals surface area contributed by atoms with Crippen molar-refractivity contribution in [2.45, 2.75) is 4.90 Å². The summed E-state index contributed by atoms with van der Waals surface area (Å²) in [5, 5.41) is 9.97. The van der Waals surface area contributed by atoms with Crippen molar-refractivity contribution in [3.63, 3.8) is 0 Å². The predicted octanol–water partition coefficient (Wildman–Crippen LogP) is 1.30. The maximum atomic E-state index is 12.2. The Bertz CT molecular complexity index is 867. The Labute approximate surface area is 158 Å². The highest BCUT2D eigenvalue weighted by Gasteiger charge is 2.19. The summed E-state index contributed by atoms with van der Waals surface area (Å²) in [5.41, 5.74) is 0.891. The van der Waals surface area contributed by atoms with Gasteiger partial charge in [0, 0.05) is 30.6 Å². The van der Waals surface area contributed by atoms with Crippen LogP contribution in [0.1, 0.15) is 0 Å². The molecule has 1 aliphatic rings. The summed E-state index contributed by atoms with van der Waals surface area (Å²) in [6.45, 7) is 2.46. The Hall–Kier alpha value is -2.20. The Morgan fingerprint density at radius 3 is 2.11 bits per heavy atom. The van der Waals surface area contributed by atoms with Crippen molar-refractivity contribution in [2.24, 2.45) is 0 Å². The van der Waals surface area contributed by atoms with Crippen LogP contribution in [0.4, 0.5) is 5.69 Å². The van der Waals surface area contributed by atoms with Gasteiger partial charge in [0.1, 0.15) is 6.54 Å². The summed E-state index contributed by atoms with van der Waals surface area (Å²) in [7, 11) is -0.126. The fraction of sp³-hybridized carbons (Fsp3) is 0.389. The maximum absolute atomic E-state index is 12.2. The van der Waals surface area contributed by atoms with Gasteiger partial charge in [0.15, 0.2) is 0 Å². The average Bonchev–Trinajstić information content (AvgIpc) is 2.67. The molecule has 1 aliphatic heterocycles. The fourth-order valence-corrected chi connectivity index (χ4v) is 3.76. The van der Waals surface area contributed by atoms with Gasteiger partial charge in [-0.3, -0.25) is 4.79 Å². The first kappa shape index (κ1) is 21.1. The molecule has 0 saturated carbocycles. The zero-order valence-corrected chi connectivity index (χ0v) is 16.2. The number of fused-ring (bicyclic) bond motifs is 1. The molecule has 27 heavy (non-hydrogen) atoms. The molecule has 1 heterocycles. The second-order valence-electron chi connectivity index (χ2n) is 5.97. The molecule has 2 aromatic rings. The van der Waals surface area contributed by atoms with E-state index in [1.54, 1.807) is 18.2 Å². The zero-order chi connectivity index (χ0) is 19.9. The van der Waals surface area contributed by atoms with Crippen molar-refractivity contribution in [1.82, 2.24) is 4.72 Å². The van der Waals surface area contributed by atoms with E-state index >= 15 is 0 Å². The Balaban J connectivity index is 0.000000369. The largest absolute Gasteiger partial charge is 0.480 e. The van der Waals surface area contributed by atoms with Gasteiger partial charge < -0.3 is 19.5 Å². The lowest BCUT2D eigenvalue weighted by atomic mass is 10.1. The Kier molecular flexibility index (Phi) is 7.55. The smallest absolute Gasteiger partial charge is 0.318 e. The predicted molar refractivity (Wildman–Crippen MR) is 103 cm³/mol. The SMILES string of the molecule is C1COCCO1.CN(C)c1cccc2c(S(=O)(=O)NCC(=O)O)cccc12. The van der Waals surface area contributed by atoms with Crippen LogP contribution in [-0.4, -0.2) is 66.6 Å². The highest BCUT2D eigenvalue weighted by atomic mass is 32.2. The number of rotatable bonds is 5. The van der Waals surface area contributed by atoms with Gasteiger partial charge in [0.25, 0.3) is 0 Å². The standard InChI is InChI=1S/C14H16N2O4S.C4H8O2/c1-16(2)12-7-3-6-11-10(12)5-4-8-13(11)21(19,20)15-9-14(17)18;1-2-6-4-3-5-1/h3-8,15H,9H2,1-2H3,(H,17,18);1-4H2. The molecule has 0 unspecified atom stereocenters. The lowest BCUT2D eigenvalue weighted by Crippen LogP contribution is -2.29. The number of hydrogen-bond donors (Lipinski definition) is 2. The fourth-order valence-electron chi connectivity index (χ4n) is 2.56. The van der Waals surface area contributed by atoms with Gasteiger partial charge in [-0.15, -0.1) is 0 Å². The van der Waals surface area contributed by atoms with E-state index in [-0.39, 0.29) is 4.90 Å². The summed E-state index contributed by atoms with van der Waals surface area (Å²) < 4.78 is 36.5. The van der Waals surface area contributed by atoms with E-state index in [0.29, 0.717) is 5.39 Å². The molecule has 0 radical (unpaired) electrons. The van der Waals surface area contributed by atoms with Crippen molar-refractivity contribution >= 4 is 32.5 Å². The van der Waals surface area contributed by atoms with E-state index < -0.39 is 22.5 Å². The summed E-state index contributed by atoms with van der Waals surface area (Å²) in [6.07, 6.45) is 0. The van der Waals surface area contributed by atoms with Crippen molar-refractivity contribution in [3.05, 3.63) is 36.4 Å². The normalized spacial score (nSPS) is 14.3. The van der Waals surface area contributed by atoms with Crippen molar-refractivity contribution in [3.8, 4) is 0 Å². The number of aliphatic carboxylic acids is 1. The molecule has 0 spiro atoms. The maximum Gasteiger partial charge on any atom is 0.318 e. The topological polar surface area (TPSA) is 105 Å². The van der Waals surface area contributed by atoms with Gasteiger partial charge in [-0.05, 0) is 12.1 Å². The van der Waals surface area contributed by atoms with E-state index in [2.05, 4.69) is 4.72 Å². The second-order valence-corrected chi connectivity index (χ2v) is 7.70. The van der Waals surface area contributed by atoms with Gasteiger partial charge in [0.05, 0.1) is 31.3 Å². The van der Waals surface area contributed by atoms with Gasteiger partial charge in [0.2, 0.25) is 10.0 Å². The molecule has 0 aromatic heterocycles. The lowest BCUT2D eigenvalue weighted by Gasteiger charge is -2.16. The lowest BCUT2D eigenvalue weighted by molar-refractivity contribution is -0.135. The molecule has 0 amide bonds. The summed E-state index contributed by atoms with van der Waals surface area (Å²) >= 11 is 0. The van der Waals surface area contributed by atoms with Gasteiger partial charge >= 0.3 is 5.97 Å². The number of hydrogen-bond acceptors (Lipinski definition) is 6. The molecule has 0 aliphatic carbocycles. The first-order valence-electron chi connectivity index (χ1n) is 8.39. The van der Waals surface area contributed by atoms with Crippen LogP contribution in [0.15, 0.2) is 41.3 Å². The first-order chi connectivity index (χ1) is 12.8. The number of anilines is 1. The van der Waals surface area contributed by atoms with Crippen LogP contribution >= 0.6 is 0 Å². The molecule has 2 aromatic carbocycles. The van der Waals surface area contributed by atoms with Gasteiger partial charge in [-0.1, -0.05) is 24.3 Å². The minimum atomic E-state index is -3.87. The molecule has 3 rings (SSSR count). The summed E-state index contributed by atoms with van der Waals surface area (Å²) in [5.74, 6) is -1.23. The molecule has 0 bridgehead atoms. The molecule has 8 nitrogen and oxygen atoms in total. The monoisotopic (exact) mass is 396 g/mol. The molecule has 1 saturated heterocycles. The molecular weight excluding hydrogens is 372 g/mol. The Morgan fingerprint density at radius 2 is 1.59 bits per heavy atom. The third kappa shape index (κ3) is 5.90. The van der Waals surface area contributed by atoms with E-state index in [1.807, 2.05) is 31.1 Å². The number of carboxylic acid groups (broad SMARTS) is 1. The molecule has 0 atom stereocenters. The average molecular weight is 396 g/mol. The second kappa shape index (κ2) is 9.65. The summed E-state index contributed by atoms with van der Waals surface area (Å²) in [4.78, 5) is 12.5. The van der Waals surface area contributed by atoms with Crippen LogP contribution in [0.2, 0.25) is 0 Å². The minimum absolute atomic E-state index is 0.0740. The summed E-state index contributed by atoms with van der Waals surface area (Å²) in [6, 6.07) is 10.3. The van der Waals surface area contributed by atoms with Gasteiger partial charge in [-0.25, -0.2) is 8.42 Å². The van der Waals surface area contributed by atoms with Crippen LogP contribution < -0.4 is 9.62 Å². The van der Waals surface area contributed by atoms with Crippen molar-refractivity contribution in [2.75, 3.05) is 52.0 Å². The highest BCUT2D eigenvalue weighted by molar-refractivity contribution is 7.89. The molecule has 9 heteroatoms. The zero-order valence-electron chi connectivity index (χ0n) is 15.3. The first-order valence-corrected chi connectivity index (χ1v) is 9.87. The molecule has 2 N–H and O–H groups in total. The molecular formula is C18H24N2O6S. The van der Waals surface area contributed by atoms with E-state index in [9.17, 15) is 13.2 Å². The number of sulfonamides is 1. The van der Waals surface area contributed by atoms with Crippen LogP contribution in [0, 0.1) is 0 Å². The number of ether oxygens (including phenoxy) is 2. The van der Waals surface area contributed by atoms with Crippen LogP contribution in [-0.2, 0) is 24.3 Å². The van der Waals surface area contributed by atoms with Crippen molar-refractivity contribution < 1.29 is 27.8 Å². The minimum Gasteiger partial charge on any atom is -0.480 e. The Morgan fingerprint density at radius 1 is 1.04 bits per heavy atom. The molecule has 148 valence electrons. The number of nitrogens with zero attached hydrogens (tertiary/aromatic N) is 1. The van der Waals surface area contributed by atoms with Gasteiger partial charge in [-0.2, -0.15) is 4.72 Å². The highest BCUT2D eigenvalue weighted by Crippen LogP contribution is 2.29. The number of carboxylic acids is 1. The molecule has 1 fully saturated rings.